The molecule has 1 atom stereocenters. The van der Waals surface area contributed by atoms with Crippen LogP contribution >= 0.6 is 0 Å². The highest BCUT2D eigenvalue weighted by atomic mass is 19.1. The van der Waals surface area contributed by atoms with E-state index in [-0.39, 0.29) is 17.9 Å². The Morgan fingerprint density at radius 3 is 2.50 bits per heavy atom. The number of piperidine rings is 1. The molecule has 0 radical (unpaired) electrons. The van der Waals surface area contributed by atoms with Crippen LogP contribution < -0.4 is 14.8 Å². The number of aliphatic hydroxyl groups excluding tert-OH is 1. The van der Waals surface area contributed by atoms with E-state index in [1.54, 1.807) is 30.3 Å². The molecule has 4 aromatic carbocycles. The van der Waals surface area contributed by atoms with E-state index in [1.165, 1.54) is 25.3 Å². The van der Waals surface area contributed by atoms with Gasteiger partial charge < -0.3 is 25.0 Å². The summed E-state index contributed by atoms with van der Waals surface area (Å²) < 4.78 is 26.8. The molecule has 186 valence electrons. The van der Waals surface area contributed by atoms with Crippen LogP contribution in [0.15, 0.2) is 72.8 Å². The van der Waals surface area contributed by atoms with E-state index in [0.717, 1.165) is 29.5 Å². The minimum Gasteiger partial charge on any atom is -0.508 e. The van der Waals surface area contributed by atoms with Crippen LogP contribution in [0.25, 0.3) is 21.9 Å². The van der Waals surface area contributed by atoms with Gasteiger partial charge in [0.1, 0.15) is 28.8 Å². The third kappa shape index (κ3) is 5.45. The van der Waals surface area contributed by atoms with Gasteiger partial charge in [0.2, 0.25) is 0 Å². The number of hydrogen-bond acceptors (Lipinski definition) is 5. The van der Waals surface area contributed by atoms with Gasteiger partial charge in [-0.25, -0.2) is 4.39 Å². The van der Waals surface area contributed by atoms with E-state index in [1.807, 2.05) is 36.4 Å². The van der Waals surface area contributed by atoms with Crippen molar-refractivity contribution in [3.8, 4) is 34.1 Å². The van der Waals surface area contributed by atoms with Crippen molar-refractivity contribution in [2.45, 2.75) is 38.3 Å². The Morgan fingerprint density at radius 1 is 0.917 bits per heavy atom. The summed E-state index contributed by atoms with van der Waals surface area (Å²) in [6.07, 6.45) is 4.71. The first kappa shape index (κ1) is 24.1. The molecule has 1 heterocycles. The van der Waals surface area contributed by atoms with Gasteiger partial charge in [0.05, 0.1) is 13.2 Å². The molecular formula is C30H30FNO4. The number of aliphatic hydroxyl groups is 1. The quantitative estimate of drug-likeness (QED) is 0.263. The lowest BCUT2D eigenvalue weighted by molar-refractivity contribution is 0.268. The van der Waals surface area contributed by atoms with Crippen molar-refractivity contribution in [1.82, 2.24) is 5.32 Å². The smallest absolute Gasteiger partial charge is 0.143 e. The highest BCUT2D eigenvalue weighted by molar-refractivity contribution is 5.96. The predicted octanol–water partition coefficient (Wildman–Crippen LogP) is 6.55. The topological polar surface area (TPSA) is 71.0 Å². The molecule has 5 nitrogen and oxygen atoms in total. The molecule has 5 rings (SSSR count). The number of benzene rings is 4. The van der Waals surface area contributed by atoms with Crippen LogP contribution in [0, 0.1) is 5.82 Å². The third-order valence-electron chi connectivity index (χ3n) is 6.68. The molecule has 1 unspecified atom stereocenters. The summed E-state index contributed by atoms with van der Waals surface area (Å²) in [6.45, 7) is 1.38. The number of halogens is 1. The molecule has 0 amide bonds. The van der Waals surface area contributed by atoms with E-state index >= 15 is 0 Å². The largest absolute Gasteiger partial charge is 0.508 e. The molecule has 4 aromatic rings. The van der Waals surface area contributed by atoms with Gasteiger partial charge in [0.15, 0.2) is 0 Å². The second kappa shape index (κ2) is 11.0. The van der Waals surface area contributed by atoms with Gasteiger partial charge in [-0.05, 0) is 91.4 Å². The monoisotopic (exact) mass is 487 g/mol. The van der Waals surface area contributed by atoms with E-state index in [4.69, 9.17) is 9.47 Å². The summed E-state index contributed by atoms with van der Waals surface area (Å²) in [5.74, 6) is 1.63. The van der Waals surface area contributed by atoms with E-state index in [0.29, 0.717) is 35.3 Å². The van der Waals surface area contributed by atoms with Gasteiger partial charge in [0.25, 0.3) is 0 Å². The van der Waals surface area contributed by atoms with Crippen molar-refractivity contribution in [3.63, 3.8) is 0 Å². The Bertz CT molecular complexity index is 1330. The Morgan fingerprint density at radius 2 is 1.75 bits per heavy atom. The minimum absolute atomic E-state index is 0.157. The Kier molecular flexibility index (Phi) is 7.35. The van der Waals surface area contributed by atoms with Crippen LogP contribution in [0.5, 0.6) is 23.0 Å². The van der Waals surface area contributed by atoms with Crippen LogP contribution in [-0.2, 0) is 6.61 Å². The zero-order valence-electron chi connectivity index (χ0n) is 20.0. The molecule has 0 aromatic heterocycles. The molecule has 0 bridgehead atoms. The van der Waals surface area contributed by atoms with Crippen molar-refractivity contribution in [3.05, 3.63) is 84.2 Å². The first-order chi connectivity index (χ1) is 17.6. The highest BCUT2D eigenvalue weighted by Gasteiger charge is 2.15. The predicted molar refractivity (Wildman–Crippen MR) is 139 cm³/mol. The molecule has 1 saturated heterocycles. The lowest BCUT2D eigenvalue weighted by Gasteiger charge is -2.23. The molecule has 0 spiro atoms. The molecule has 0 aliphatic carbocycles. The number of ether oxygens (including phenoxy) is 2. The standard InChI is InChI=1S/C30H30FNO4/c31-29-18-21(4-5-22(29)19-33)27-12-6-20-17-24(34)7-13-28(20)30(27)36-26-10-8-25(9-11-26)35-16-14-23-3-1-2-15-32-23/h4-13,17-18,23,32-34H,1-3,14-16,19H2. The lowest BCUT2D eigenvalue weighted by Crippen LogP contribution is -2.35. The summed E-state index contributed by atoms with van der Waals surface area (Å²) in [4.78, 5) is 0. The minimum atomic E-state index is -0.475. The number of hydrogen-bond donors (Lipinski definition) is 3. The highest BCUT2D eigenvalue weighted by Crippen LogP contribution is 2.41. The second-order valence-electron chi connectivity index (χ2n) is 9.17. The van der Waals surface area contributed by atoms with Gasteiger partial charge in [0, 0.05) is 22.6 Å². The molecule has 3 N–H and O–H groups in total. The number of nitrogens with one attached hydrogen (secondary N) is 1. The number of phenols is 1. The van der Waals surface area contributed by atoms with E-state index in [9.17, 15) is 14.6 Å². The number of aromatic hydroxyl groups is 1. The van der Waals surface area contributed by atoms with Crippen LogP contribution in [-0.4, -0.2) is 29.4 Å². The average Bonchev–Trinajstić information content (AvgIpc) is 2.90. The fourth-order valence-electron chi connectivity index (χ4n) is 4.68. The van der Waals surface area contributed by atoms with Gasteiger partial charge in [-0.15, -0.1) is 0 Å². The Hall–Kier alpha value is -3.61. The molecule has 1 fully saturated rings. The van der Waals surface area contributed by atoms with Crippen LogP contribution in [0.2, 0.25) is 0 Å². The van der Waals surface area contributed by atoms with E-state index < -0.39 is 5.82 Å². The molecule has 0 saturated carbocycles. The van der Waals surface area contributed by atoms with Crippen molar-refractivity contribution >= 4 is 10.8 Å². The lowest BCUT2D eigenvalue weighted by atomic mass is 9.98. The SMILES string of the molecule is OCc1ccc(-c2ccc3cc(O)ccc3c2Oc2ccc(OCCC3CCCCN3)cc2)cc1F. The van der Waals surface area contributed by atoms with Crippen LogP contribution in [0.3, 0.4) is 0 Å². The summed E-state index contributed by atoms with van der Waals surface area (Å²) in [6, 6.07) is 21.5. The average molecular weight is 488 g/mol. The van der Waals surface area contributed by atoms with Gasteiger partial charge in [-0.2, -0.15) is 0 Å². The van der Waals surface area contributed by atoms with E-state index in [2.05, 4.69) is 5.32 Å². The van der Waals surface area contributed by atoms with Crippen molar-refractivity contribution in [1.29, 1.82) is 0 Å². The normalized spacial score (nSPS) is 15.7. The Labute approximate surface area is 210 Å². The van der Waals surface area contributed by atoms with Crippen molar-refractivity contribution in [2.75, 3.05) is 13.2 Å². The molecule has 1 aliphatic rings. The number of fused-ring (bicyclic) bond motifs is 1. The summed E-state index contributed by atoms with van der Waals surface area (Å²) in [5, 5.41) is 24.4. The zero-order valence-corrected chi connectivity index (χ0v) is 20.0. The van der Waals surface area contributed by atoms with Crippen LogP contribution in [0.4, 0.5) is 4.39 Å². The fourth-order valence-corrected chi connectivity index (χ4v) is 4.68. The molecule has 1 aliphatic heterocycles. The Balaban J connectivity index is 1.39. The maximum atomic E-state index is 14.5. The maximum Gasteiger partial charge on any atom is 0.143 e. The number of rotatable bonds is 8. The molecular weight excluding hydrogens is 457 g/mol. The van der Waals surface area contributed by atoms with Crippen molar-refractivity contribution < 1.29 is 24.1 Å². The first-order valence-corrected chi connectivity index (χ1v) is 12.4. The third-order valence-corrected chi connectivity index (χ3v) is 6.68. The van der Waals surface area contributed by atoms with Gasteiger partial charge in [-0.1, -0.05) is 24.6 Å². The summed E-state index contributed by atoms with van der Waals surface area (Å²) in [5.41, 5.74) is 1.57. The van der Waals surface area contributed by atoms with Crippen LogP contribution in [0.1, 0.15) is 31.2 Å². The van der Waals surface area contributed by atoms with Crippen molar-refractivity contribution in [2.24, 2.45) is 0 Å². The fraction of sp³-hybridized carbons (Fsp3) is 0.267. The van der Waals surface area contributed by atoms with Gasteiger partial charge >= 0.3 is 0 Å². The second-order valence-corrected chi connectivity index (χ2v) is 9.17. The maximum absolute atomic E-state index is 14.5. The zero-order chi connectivity index (χ0) is 24.9. The summed E-state index contributed by atoms with van der Waals surface area (Å²) in [7, 11) is 0. The number of phenolic OH excluding ortho intramolecular Hbond substituents is 1. The molecule has 6 heteroatoms. The summed E-state index contributed by atoms with van der Waals surface area (Å²) >= 11 is 0. The van der Waals surface area contributed by atoms with Gasteiger partial charge in [-0.3, -0.25) is 0 Å². The molecule has 36 heavy (non-hydrogen) atoms. The first-order valence-electron chi connectivity index (χ1n) is 12.4.